The third kappa shape index (κ3) is 3.18. The number of rotatable bonds is 4. The molecule has 2 heterocycles. The maximum Gasteiger partial charge on any atom is 0.232 e. The van der Waals surface area contributed by atoms with Gasteiger partial charge >= 0.3 is 0 Å². The Balaban J connectivity index is 1.92. The van der Waals surface area contributed by atoms with Crippen molar-refractivity contribution < 1.29 is 18.3 Å². The maximum absolute atomic E-state index is 14.1. The van der Waals surface area contributed by atoms with Gasteiger partial charge in [0, 0.05) is 17.6 Å². The van der Waals surface area contributed by atoms with Crippen LogP contribution in [0.4, 0.5) is 14.5 Å². The summed E-state index contributed by atoms with van der Waals surface area (Å²) in [5.41, 5.74) is 0.103. The molecular weight excluding hydrogens is 308 g/mol. The Bertz CT molecular complexity index is 654. The lowest BCUT2D eigenvalue weighted by molar-refractivity contribution is -0.122. The minimum absolute atomic E-state index is 0.103. The first-order chi connectivity index (χ1) is 10.6. The number of hydrogen-bond donors (Lipinski definition) is 0. The monoisotopic (exact) mass is 323 g/mol. The van der Waals surface area contributed by atoms with Crippen LogP contribution in [0.15, 0.2) is 35.7 Å². The second kappa shape index (κ2) is 6.54. The summed E-state index contributed by atoms with van der Waals surface area (Å²) in [6.07, 6.45) is 0.628. The molecule has 0 bridgehead atoms. The summed E-state index contributed by atoms with van der Waals surface area (Å²) in [6, 6.07) is 7.04. The van der Waals surface area contributed by atoms with Crippen molar-refractivity contribution in [2.75, 3.05) is 18.1 Å². The van der Waals surface area contributed by atoms with E-state index in [0.29, 0.717) is 19.6 Å². The molecule has 1 atom stereocenters. The smallest absolute Gasteiger partial charge is 0.232 e. The number of halogens is 2. The van der Waals surface area contributed by atoms with Crippen LogP contribution in [0.5, 0.6) is 0 Å². The molecule has 1 aliphatic heterocycles. The highest BCUT2D eigenvalue weighted by Gasteiger charge is 2.30. The van der Waals surface area contributed by atoms with Crippen molar-refractivity contribution in [3.8, 4) is 0 Å². The molecule has 1 unspecified atom stereocenters. The van der Waals surface area contributed by atoms with E-state index in [0.717, 1.165) is 17.0 Å². The fourth-order valence-corrected chi connectivity index (χ4v) is 3.18. The van der Waals surface area contributed by atoms with Crippen LogP contribution in [0.25, 0.3) is 0 Å². The Kier molecular flexibility index (Phi) is 4.49. The molecule has 0 N–H and O–H groups in total. The summed E-state index contributed by atoms with van der Waals surface area (Å²) >= 11 is 1.49. The molecule has 1 saturated heterocycles. The Morgan fingerprint density at radius 1 is 1.36 bits per heavy atom. The van der Waals surface area contributed by atoms with E-state index in [2.05, 4.69) is 0 Å². The largest absolute Gasteiger partial charge is 0.381 e. The first-order valence-electron chi connectivity index (χ1n) is 7.01. The highest BCUT2D eigenvalue weighted by Crippen LogP contribution is 2.27. The number of nitrogens with zero attached hydrogens (tertiary/aromatic N) is 1. The first-order valence-corrected chi connectivity index (χ1v) is 7.89. The van der Waals surface area contributed by atoms with E-state index in [-0.39, 0.29) is 24.1 Å². The fourth-order valence-electron chi connectivity index (χ4n) is 2.49. The normalized spacial score (nSPS) is 17.6. The zero-order valence-corrected chi connectivity index (χ0v) is 12.6. The number of carbonyl (C=O) groups excluding carboxylic acids is 1. The molecule has 116 valence electrons. The van der Waals surface area contributed by atoms with Crippen molar-refractivity contribution in [2.45, 2.75) is 13.0 Å². The van der Waals surface area contributed by atoms with Crippen LogP contribution in [-0.2, 0) is 16.1 Å². The van der Waals surface area contributed by atoms with Gasteiger partial charge in [-0.3, -0.25) is 4.79 Å². The third-order valence-corrected chi connectivity index (χ3v) is 4.50. The fraction of sp³-hybridized carbons (Fsp3) is 0.312. The predicted octanol–water partition coefficient (Wildman–Crippen LogP) is 3.60. The Labute approximate surface area is 131 Å². The lowest BCUT2D eigenvalue weighted by Crippen LogP contribution is -2.36. The van der Waals surface area contributed by atoms with Gasteiger partial charge in [0.25, 0.3) is 0 Å². The molecule has 0 aliphatic carbocycles. The van der Waals surface area contributed by atoms with Gasteiger partial charge in [0.05, 0.1) is 24.8 Å². The molecule has 2 aromatic rings. The van der Waals surface area contributed by atoms with Crippen LogP contribution < -0.4 is 4.90 Å². The van der Waals surface area contributed by atoms with E-state index < -0.39 is 11.6 Å². The number of hydrogen-bond acceptors (Lipinski definition) is 3. The van der Waals surface area contributed by atoms with Gasteiger partial charge in [-0.05, 0) is 30.0 Å². The number of amides is 1. The highest BCUT2D eigenvalue weighted by molar-refractivity contribution is 7.09. The van der Waals surface area contributed by atoms with Crippen molar-refractivity contribution in [1.29, 1.82) is 0 Å². The minimum atomic E-state index is -0.733. The Morgan fingerprint density at radius 2 is 2.23 bits per heavy atom. The number of thiophene rings is 1. The molecule has 1 aromatic carbocycles. The van der Waals surface area contributed by atoms with Crippen LogP contribution in [-0.4, -0.2) is 19.1 Å². The summed E-state index contributed by atoms with van der Waals surface area (Å²) in [6.45, 7) is 1.16. The lowest BCUT2D eigenvalue weighted by atomic mass is 10.1. The second-order valence-corrected chi connectivity index (χ2v) is 6.19. The number of benzene rings is 1. The zero-order chi connectivity index (χ0) is 15.5. The van der Waals surface area contributed by atoms with Crippen LogP contribution >= 0.6 is 11.3 Å². The first kappa shape index (κ1) is 15.1. The topological polar surface area (TPSA) is 29.5 Å². The van der Waals surface area contributed by atoms with Crippen molar-refractivity contribution in [1.82, 2.24) is 0 Å². The van der Waals surface area contributed by atoms with Crippen molar-refractivity contribution in [3.63, 3.8) is 0 Å². The standard InChI is InChI=1S/C16H15F2NO2S/c17-12-3-4-15(14(18)8-12)19(9-13-2-1-7-22-13)16(20)11-5-6-21-10-11/h1-4,7-8,11H,5-6,9-10H2. The molecule has 0 radical (unpaired) electrons. The predicted molar refractivity (Wildman–Crippen MR) is 80.8 cm³/mol. The van der Waals surface area contributed by atoms with Gasteiger partial charge in [0.1, 0.15) is 11.6 Å². The van der Waals surface area contributed by atoms with Gasteiger partial charge < -0.3 is 9.64 Å². The molecule has 1 aliphatic rings. The zero-order valence-electron chi connectivity index (χ0n) is 11.8. The third-order valence-electron chi connectivity index (χ3n) is 3.64. The summed E-state index contributed by atoms with van der Waals surface area (Å²) in [7, 11) is 0. The molecule has 3 nitrogen and oxygen atoms in total. The van der Waals surface area contributed by atoms with E-state index in [4.69, 9.17) is 4.74 Å². The van der Waals surface area contributed by atoms with Gasteiger partial charge in [-0.1, -0.05) is 6.07 Å². The number of anilines is 1. The summed E-state index contributed by atoms with van der Waals surface area (Å²) in [5, 5.41) is 1.90. The van der Waals surface area contributed by atoms with E-state index in [1.54, 1.807) is 0 Å². The van der Waals surface area contributed by atoms with Gasteiger partial charge in [0.15, 0.2) is 0 Å². The van der Waals surface area contributed by atoms with Crippen LogP contribution in [0, 0.1) is 17.6 Å². The molecule has 1 fully saturated rings. The summed E-state index contributed by atoms with van der Waals surface area (Å²) in [5.74, 6) is -1.85. The van der Waals surface area contributed by atoms with Gasteiger partial charge in [-0.15, -0.1) is 11.3 Å². The molecule has 0 spiro atoms. The molecule has 0 saturated carbocycles. The summed E-state index contributed by atoms with van der Waals surface area (Å²) in [4.78, 5) is 15.0. The molecule has 3 rings (SSSR count). The van der Waals surface area contributed by atoms with Gasteiger partial charge in [-0.2, -0.15) is 0 Å². The lowest BCUT2D eigenvalue weighted by Gasteiger charge is -2.25. The Hall–Kier alpha value is -1.79. The average Bonchev–Trinajstić information content (AvgIpc) is 3.18. The maximum atomic E-state index is 14.1. The van der Waals surface area contributed by atoms with Crippen molar-refractivity contribution in [2.24, 2.45) is 5.92 Å². The molecular formula is C16H15F2NO2S. The van der Waals surface area contributed by atoms with E-state index in [9.17, 15) is 13.6 Å². The van der Waals surface area contributed by atoms with Crippen molar-refractivity contribution in [3.05, 3.63) is 52.2 Å². The second-order valence-electron chi connectivity index (χ2n) is 5.16. The van der Waals surface area contributed by atoms with Crippen LogP contribution in [0.1, 0.15) is 11.3 Å². The van der Waals surface area contributed by atoms with E-state index in [1.165, 1.54) is 22.3 Å². The molecule has 22 heavy (non-hydrogen) atoms. The highest BCUT2D eigenvalue weighted by atomic mass is 32.1. The van der Waals surface area contributed by atoms with Gasteiger partial charge in [0.2, 0.25) is 5.91 Å². The number of carbonyl (C=O) groups is 1. The summed E-state index contributed by atoms with van der Waals surface area (Å²) < 4.78 is 32.5. The Morgan fingerprint density at radius 3 is 2.86 bits per heavy atom. The minimum Gasteiger partial charge on any atom is -0.381 e. The molecule has 6 heteroatoms. The van der Waals surface area contributed by atoms with Crippen molar-refractivity contribution >= 4 is 22.9 Å². The van der Waals surface area contributed by atoms with Gasteiger partial charge in [-0.25, -0.2) is 8.78 Å². The molecule has 1 aromatic heterocycles. The molecule has 1 amide bonds. The number of ether oxygens (including phenoxy) is 1. The van der Waals surface area contributed by atoms with Crippen LogP contribution in [0.2, 0.25) is 0 Å². The van der Waals surface area contributed by atoms with E-state index in [1.807, 2.05) is 17.5 Å². The van der Waals surface area contributed by atoms with Crippen LogP contribution in [0.3, 0.4) is 0 Å². The van der Waals surface area contributed by atoms with E-state index >= 15 is 0 Å². The SMILES string of the molecule is O=C(C1CCOC1)N(Cc1cccs1)c1ccc(F)cc1F. The average molecular weight is 323 g/mol. The quantitative estimate of drug-likeness (QED) is 0.860.